The van der Waals surface area contributed by atoms with E-state index in [1.807, 2.05) is 18.2 Å². The van der Waals surface area contributed by atoms with Crippen LogP contribution < -0.4 is 10.6 Å². The third-order valence-electron chi connectivity index (χ3n) is 3.25. The Bertz CT molecular complexity index is 375. The second-order valence-electron chi connectivity index (χ2n) is 5.09. The van der Waals surface area contributed by atoms with Crippen LogP contribution in [0.3, 0.4) is 0 Å². The first-order chi connectivity index (χ1) is 8.72. The van der Waals surface area contributed by atoms with Crippen LogP contribution >= 0.6 is 0 Å². The molecule has 18 heavy (non-hydrogen) atoms. The molecule has 0 aromatic carbocycles. The van der Waals surface area contributed by atoms with Gasteiger partial charge in [0.25, 0.3) is 0 Å². The summed E-state index contributed by atoms with van der Waals surface area (Å²) in [5.74, 6) is 1.84. The number of anilines is 2. The van der Waals surface area contributed by atoms with E-state index in [9.17, 15) is 0 Å². The van der Waals surface area contributed by atoms with Gasteiger partial charge >= 0.3 is 0 Å². The van der Waals surface area contributed by atoms with Crippen LogP contribution in [0.5, 0.6) is 0 Å². The Morgan fingerprint density at radius 1 is 1.33 bits per heavy atom. The Kier molecular flexibility index (Phi) is 4.42. The predicted octanol–water partition coefficient (Wildman–Crippen LogP) is 2.88. The van der Waals surface area contributed by atoms with Crippen molar-refractivity contribution in [3.8, 4) is 0 Å². The first-order valence-electron chi connectivity index (χ1n) is 6.81. The lowest BCUT2D eigenvalue weighted by atomic mass is 10.0. The molecule has 0 radical (unpaired) electrons. The van der Waals surface area contributed by atoms with Crippen molar-refractivity contribution in [2.24, 2.45) is 0 Å². The molecule has 0 aliphatic carbocycles. The van der Waals surface area contributed by atoms with E-state index >= 15 is 0 Å². The molecular formula is C14H23N3O. The fourth-order valence-electron chi connectivity index (χ4n) is 2.14. The van der Waals surface area contributed by atoms with Crippen molar-refractivity contribution < 1.29 is 4.74 Å². The Hall–Kier alpha value is -1.29. The molecule has 1 aromatic heterocycles. The highest BCUT2D eigenvalue weighted by Gasteiger charge is 2.29. The van der Waals surface area contributed by atoms with Crippen molar-refractivity contribution in [1.82, 2.24) is 4.98 Å². The van der Waals surface area contributed by atoms with Crippen molar-refractivity contribution in [3.63, 3.8) is 0 Å². The molecule has 4 heteroatoms. The van der Waals surface area contributed by atoms with E-state index in [2.05, 4.69) is 29.5 Å². The number of hydrogen-bond donors (Lipinski definition) is 2. The van der Waals surface area contributed by atoms with Crippen LogP contribution in [0.25, 0.3) is 0 Å². The Morgan fingerprint density at radius 3 is 2.78 bits per heavy atom. The highest BCUT2D eigenvalue weighted by Crippen LogP contribution is 2.25. The minimum atomic E-state index is -0.0332. The van der Waals surface area contributed by atoms with E-state index in [4.69, 9.17) is 4.74 Å². The Labute approximate surface area is 109 Å². The predicted molar refractivity (Wildman–Crippen MR) is 75.1 cm³/mol. The summed E-state index contributed by atoms with van der Waals surface area (Å²) in [7, 11) is 0. The minimum absolute atomic E-state index is 0.0332. The van der Waals surface area contributed by atoms with Crippen LogP contribution in [0.2, 0.25) is 0 Å². The van der Waals surface area contributed by atoms with Gasteiger partial charge in [0.2, 0.25) is 0 Å². The van der Waals surface area contributed by atoms with Gasteiger partial charge < -0.3 is 15.4 Å². The monoisotopic (exact) mass is 249 g/mol. The van der Waals surface area contributed by atoms with Crippen LogP contribution in [0.15, 0.2) is 18.2 Å². The molecule has 1 atom stereocenters. The van der Waals surface area contributed by atoms with E-state index in [0.29, 0.717) is 0 Å². The lowest BCUT2D eigenvalue weighted by Crippen LogP contribution is -2.32. The molecule has 1 aliphatic rings. The summed E-state index contributed by atoms with van der Waals surface area (Å²) in [5.41, 5.74) is -0.0332. The Balaban J connectivity index is 1.88. The summed E-state index contributed by atoms with van der Waals surface area (Å²) >= 11 is 0. The van der Waals surface area contributed by atoms with Gasteiger partial charge in [-0.3, -0.25) is 0 Å². The van der Waals surface area contributed by atoms with Crippen LogP contribution in [0.4, 0.5) is 11.6 Å². The van der Waals surface area contributed by atoms with Crippen molar-refractivity contribution >= 4 is 11.6 Å². The summed E-state index contributed by atoms with van der Waals surface area (Å²) in [4.78, 5) is 4.52. The zero-order valence-electron chi connectivity index (χ0n) is 11.3. The first-order valence-corrected chi connectivity index (χ1v) is 6.81. The summed E-state index contributed by atoms with van der Waals surface area (Å²) in [6, 6.07) is 6.01. The molecule has 2 rings (SSSR count). The van der Waals surface area contributed by atoms with Gasteiger partial charge in [-0.05, 0) is 38.3 Å². The van der Waals surface area contributed by atoms with Crippen LogP contribution in [-0.4, -0.2) is 30.3 Å². The van der Waals surface area contributed by atoms with Gasteiger partial charge in [-0.1, -0.05) is 13.0 Å². The zero-order chi connectivity index (χ0) is 12.8. The average molecular weight is 249 g/mol. The molecule has 1 saturated heterocycles. The maximum absolute atomic E-state index is 5.75. The topological polar surface area (TPSA) is 46.2 Å². The highest BCUT2D eigenvalue weighted by molar-refractivity contribution is 5.45. The lowest BCUT2D eigenvalue weighted by molar-refractivity contribution is 0.0315. The molecule has 1 fully saturated rings. The van der Waals surface area contributed by atoms with E-state index in [-0.39, 0.29) is 5.60 Å². The van der Waals surface area contributed by atoms with E-state index < -0.39 is 0 Å². The second-order valence-corrected chi connectivity index (χ2v) is 5.09. The van der Waals surface area contributed by atoms with E-state index in [1.54, 1.807) is 0 Å². The number of nitrogens with one attached hydrogen (secondary N) is 2. The maximum Gasteiger partial charge on any atom is 0.128 e. The maximum atomic E-state index is 5.75. The third-order valence-corrected chi connectivity index (χ3v) is 3.25. The quantitative estimate of drug-likeness (QED) is 0.814. The highest BCUT2D eigenvalue weighted by atomic mass is 16.5. The van der Waals surface area contributed by atoms with Crippen molar-refractivity contribution in [3.05, 3.63) is 18.2 Å². The molecule has 0 bridgehead atoms. The van der Waals surface area contributed by atoms with Crippen LogP contribution in [0.1, 0.15) is 33.1 Å². The molecule has 2 N–H and O–H groups in total. The van der Waals surface area contributed by atoms with Crippen molar-refractivity contribution in [2.75, 3.05) is 30.3 Å². The smallest absolute Gasteiger partial charge is 0.128 e. The number of aromatic nitrogens is 1. The SMILES string of the molecule is CCCNc1cccc(NCC2(C)CCCO2)n1. The average Bonchev–Trinajstić information content (AvgIpc) is 2.82. The van der Waals surface area contributed by atoms with E-state index in [1.165, 1.54) is 0 Å². The van der Waals surface area contributed by atoms with Crippen LogP contribution in [-0.2, 0) is 4.74 Å². The summed E-state index contributed by atoms with van der Waals surface area (Å²) in [6.45, 7) is 6.96. The number of pyridine rings is 1. The molecular weight excluding hydrogens is 226 g/mol. The molecule has 100 valence electrons. The molecule has 0 spiro atoms. The Morgan fingerprint density at radius 2 is 2.11 bits per heavy atom. The normalized spacial score (nSPS) is 23.0. The lowest BCUT2D eigenvalue weighted by Gasteiger charge is -2.23. The van der Waals surface area contributed by atoms with Crippen molar-refractivity contribution in [2.45, 2.75) is 38.7 Å². The van der Waals surface area contributed by atoms with Gasteiger partial charge in [0.1, 0.15) is 11.6 Å². The summed E-state index contributed by atoms with van der Waals surface area (Å²) in [5, 5.41) is 6.66. The number of rotatable bonds is 6. The molecule has 1 aliphatic heterocycles. The van der Waals surface area contributed by atoms with E-state index in [0.717, 1.165) is 50.6 Å². The zero-order valence-corrected chi connectivity index (χ0v) is 11.3. The minimum Gasteiger partial charge on any atom is -0.373 e. The number of ether oxygens (including phenoxy) is 1. The largest absolute Gasteiger partial charge is 0.373 e. The van der Waals surface area contributed by atoms with Crippen LogP contribution in [0, 0.1) is 0 Å². The van der Waals surface area contributed by atoms with Gasteiger partial charge in [0.15, 0.2) is 0 Å². The molecule has 0 saturated carbocycles. The van der Waals surface area contributed by atoms with Gasteiger partial charge in [-0.2, -0.15) is 0 Å². The molecule has 0 amide bonds. The third kappa shape index (κ3) is 3.60. The second kappa shape index (κ2) is 6.05. The van der Waals surface area contributed by atoms with Gasteiger partial charge in [0, 0.05) is 19.7 Å². The standard InChI is InChI=1S/C14H23N3O/c1-3-9-15-12-6-4-7-13(17-12)16-11-14(2)8-5-10-18-14/h4,6-7H,3,5,8-11H2,1-2H3,(H2,15,16,17). The number of nitrogens with zero attached hydrogens (tertiary/aromatic N) is 1. The van der Waals surface area contributed by atoms with Crippen molar-refractivity contribution in [1.29, 1.82) is 0 Å². The molecule has 4 nitrogen and oxygen atoms in total. The summed E-state index contributed by atoms with van der Waals surface area (Å²) < 4.78 is 5.75. The van der Waals surface area contributed by atoms with Gasteiger partial charge in [-0.15, -0.1) is 0 Å². The first kappa shape index (κ1) is 13.1. The fourth-order valence-corrected chi connectivity index (χ4v) is 2.14. The molecule has 1 aromatic rings. The fraction of sp³-hybridized carbons (Fsp3) is 0.643. The van der Waals surface area contributed by atoms with Gasteiger partial charge in [0.05, 0.1) is 5.60 Å². The molecule has 1 unspecified atom stereocenters. The summed E-state index contributed by atoms with van der Waals surface area (Å²) in [6.07, 6.45) is 3.38. The molecule has 2 heterocycles. The van der Waals surface area contributed by atoms with Gasteiger partial charge in [-0.25, -0.2) is 4.98 Å². The number of hydrogen-bond acceptors (Lipinski definition) is 4.